The maximum Gasteiger partial charge on any atom is 0.418 e. The number of aromatic nitrogens is 3. The van der Waals surface area contributed by atoms with E-state index in [2.05, 4.69) is 20.7 Å². The van der Waals surface area contributed by atoms with Crippen LogP contribution in [0.5, 0.6) is 0 Å². The van der Waals surface area contributed by atoms with Crippen molar-refractivity contribution < 1.29 is 18.0 Å². The van der Waals surface area contributed by atoms with Crippen molar-refractivity contribution in [2.45, 2.75) is 12.7 Å². The number of halogens is 3. The van der Waals surface area contributed by atoms with Crippen LogP contribution < -0.4 is 10.6 Å². The summed E-state index contributed by atoms with van der Waals surface area (Å²) in [7, 11) is 0. The Bertz CT molecular complexity index is 847. The maximum atomic E-state index is 13.3. The lowest BCUT2D eigenvalue weighted by Gasteiger charge is -2.15. The number of carbonyl (C=O) groups is 1. The Morgan fingerprint density at radius 1 is 1.28 bits per heavy atom. The molecule has 0 fully saturated rings. The summed E-state index contributed by atoms with van der Waals surface area (Å²) >= 11 is 1.47. The van der Waals surface area contributed by atoms with Crippen molar-refractivity contribution in [3.63, 3.8) is 0 Å². The van der Waals surface area contributed by atoms with E-state index in [1.165, 1.54) is 29.8 Å². The van der Waals surface area contributed by atoms with Gasteiger partial charge in [-0.05, 0) is 29.6 Å². The van der Waals surface area contributed by atoms with Crippen LogP contribution in [0, 0.1) is 0 Å². The number of alkyl halides is 3. The molecule has 25 heavy (non-hydrogen) atoms. The highest BCUT2D eigenvalue weighted by atomic mass is 32.1. The fourth-order valence-electron chi connectivity index (χ4n) is 2.13. The molecule has 0 saturated heterocycles. The molecule has 3 rings (SSSR count). The van der Waals surface area contributed by atoms with Gasteiger partial charge in [0.25, 0.3) is 0 Å². The molecular weight excluding hydrogens is 355 g/mol. The van der Waals surface area contributed by atoms with E-state index in [1.54, 1.807) is 0 Å². The molecule has 0 spiro atoms. The second kappa shape index (κ2) is 6.93. The van der Waals surface area contributed by atoms with E-state index in [1.807, 2.05) is 17.5 Å². The summed E-state index contributed by atoms with van der Waals surface area (Å²) in [5.41, 5.74) is -1.07. The third kappa shape index (κ3) is 4.15. The Morgan fingerprint density at radius 2 is 2.12 bits per heavy atom. The van der Waals surface area contributed by atoms with Crippen molar-refractivity contribution in [1.29, 1.82) is 0 Å². The predicted octanol–water partition coefficient (Wildman–Crippen LogP) is 3.67. The first-order valence-corrected chi connectivity index (χ1v) is 7.95. The lowest BCUT2D eigenvalue weighted by Crippen LogP contribution is -2.28. The van der Waals surface area contributed by atoms with Crippen LogP contribution in [0.2, 0.25) is 0 Å². The normalized spacial score (nSPS) is 11.3. The average Bonchev–Trinajstić information content (AvgIpc) is 3.26. The monoisotopic (exact) mass is 367 g/mol. The Balaban J connectivity index is 1.77. The quantitative estimate of drug-likeness (QED) is 0.739. The first-order valence-electron chi connectivity index (χ1n) is 7.07. The number of carbonyl (C=O) groups excluding carboxylic acids is 1. The number of anilines is 1. The van der Waals surface area contributed by atoms with Crippen molar-refractivity contribution in [2.75, 3.05) is 5.32 Å². The summed E-state index contributed by atoms with van der Waals surface area (Å²) in [6.45, 7) is 0.298. The van der Waals surface area contributed by atoms with Crippen LogP contribution >= 0.6 is 11.3 Å². The van der Waals surface area contributed by atoms with Gasteiger partial charge in [-0.15, -0.1) is 11.3 Å². The van der Waals surface area contributed by atoms with Crippen LogP contribution in [0.1, 0.15) is 10.4 Å². The number of hydrogen-bond acceptors (Lipinski definition) is 4. The lowest BCUT2D eigenvalue weighted by atomic mass is 10.1. The van der Waals surface area contributed by atoms with Gasteiger partial charge in [0.05, 0.1) is 17.8 Å². The molecule has 0 aliphatic carbocycles. The van der Waals surface area contributed by atoms with E-state index >= 15 is 0 Å². The van der Waals surface area contributed by atoms with Crippen LogP contribution in [0.4, 0.5) is 23.7 Å². The minimum absolute atomic E-state index is 0.0277. The summed E-state index contributed by atoms with van der Waals surface area (Å²) in [6.07, 6.45) is -2.29. The molecule has 0 aliphatic rings. The van der Waals surface area contributed by atoms with Crippen LogP contribution in [0.25, 0.3) is 5.69 Å². The SMILES string of the molecule is O=C(NCc1cccs1)Nc1ccc(-n2cncn2)c(C(F)(F)F)c1. The lowest BCUT2D eigenvalue weighted by molar-refractivity contribution is -0.137. The number of urea groups is 1. The Morgan fingerprint density at radius 3 is 2.76 bits per heavy atom. The highest BCUT2D eigenvalue weighted by Crippen LogP contribution is 2.35. The molecule has 6 nitrogen and oxygen atoms in total. The van der Waals surface area contributed by atoms with Gasteiger partial charge in [-0.25, -0.2) is 14.5 Å². The molecule has 3 aromatic rings. The molecule has 0 bridgehead atoms. The van der Waals surface area contributed by atoms with Crippen molar-refractivity contribution in [3.05, 3.63) is 58.8 Å². The highest BCUT2D eigenvalue weighted by Gasteiger charge is 2.34. The second-order valence-corrected chi connectivity index (χ2v) is 5.99. The molecule has 1 aromatic carbocycles. The van der Waals surface area contributed by atoms with Crippen LogP contribution in [-0.2, 0) is 12.7 Å². The van der Waals surface area contributed by atoms with E-state index in [-0.39, 0.29) is 11.4 Å². The summed E-state index contributed by atoms with van der Waals surface area (Å²) in [6, 6.07) is 6.57. The third-order valence-corrected chi connectivity index (χ3v) is 4.11. The zero-order valence-corrected chi connectivity index (χ0v) is 13.4. The summed E-state index contributed by atoms with van der Waals surface area (Å²) < 4.78 is 40.9. The zero-order valence-electron chi connectivity index (χ0n) is 12.6. The highest BCUT2D eigenvalue weighted by molar-refractivity contribution is 7.09. The summed E-state index contributed by atoms with van der Waals surface area (Å²) in [5, 5.41) is 10.6. The molecule has 0 atom stereocenters. The fraction of sp³-hybridized carbons (Fsp3) is 0.133. The van der Waals surface area contributed by atoms with Gasteiger partial charge in [-0.3, -0.25) is 0 Å². The number of benzene rings is 1. The average molecular weight is 367 g/mol. The molecule has 0 unspecified atom stereocenters. The fourth-order valence-corrected chi connectivity index (χ4v) is 2.77. The zero-order chi connectivity index (χ0) is 17.9. The topological polar surface area (TPSA) is 71.8 Å². The molecule has 0 radical (unpaired) electrons. The number of nitrogens with one attached hydrogen (secondary N) is 2. The summed E-state index contributed by atoms with van der Waals surface area (Å²) in [4.78, 5) is 16.4. The van der Waals surface area contributed by atoms with Crippen molar-refractivity contribution in [2.24, 2.45) is 0 Å². The van der Waals surface area contributed by atoms with E-state index in [9.17, 15) is 18.0 Å². The van der Waals surface area contributed by atoms with E-state index in [0.29, 0.717) is 6.54 Å². The molecular formula is C15H12F3N5OS. The second-order valence-electron chi connectivity index (χ2n) is 4.96. The standard InChI is InChI=1S/C15H12F3N5OS/c16-15(17,18)12-6-10(3-4-13(12)23-9-19-8-21-23)22-14(24)20-7-11-2-1-5-25-11/h1-6,8-9H,7H2,(H2,20,22,24). The number of amides is 2. The van der Waals surface area contributed by atoms with Crippen LogP contribution in [0.3, 0.4) is 0 Å². The van der Waals surface area contributed by atoms with E-state index in [4.69, 9.17) is 0 Å². The van der Waals surface area contributed by atoms with Crippen molar-refractivity contribution in [1.82, 2.24) is 20.1 Å². The first-order chi connectivity index (χ1) is 11.9. The largest absolute Gasteiger partial charge is 0.418 e. The van der Waals surface area contributed by atoms with E-state index < -0.39 is 17.8 Å². The van der Waals surface area contributed by atoms with Gasteiger partial charge < -0.3 is 10.6 Å². The summed E-state index contributed by atoms with van der Waals surface area (Å²) in [5.74, 6) is 0. The van der Waals surface area contributed by atoms with Gasteiger partial charge in [0, 0.05) is 10.6 Å². The van der Waals surface area contributed by atoms with Gasteiger partial charge >= 0.3 is 12.2 Å². The molecule has 130 valence electrons. The predicted molar refractivity (Wildman–Crippen MR) is 86.5 cm³/mol. The van der Waals surface area contributed by atoms with Crippen molar-refractivity contribution in [3.8, 4) is 5.69 Å². The number of thiophene rings is 1. The Hall–Kier alpha value is -2.88. The minimum atomic E-state index is -4.60. The van der Waals surface area contributed by atoms with Crippen molar-refractivity contribution >= 4 is 23.1 Å². The van der Waals surface area contributed by atoms with Gasteiger partial charge in [0.1, 0.15) is 12.7 Å². The molecule has 0 saturated carbocycles. The number of hydrogen-bond donors (Lipinski definition) is 2. The Kier molecular flexibility index (Phi) is 4.70. The smallest absolute Gasteiger partial charge is 0.333 e. The number of nitrogens with zero attached hydrogens (tertiary/aromatic N) is 3. The van der Waals surface area contributed by atoms with E-state index in [0.717, 1.165) is 22.0 Å². The third-order valence-electron chi connectivity index (χ3n) is 3.23. The number of rotatable bonds is 4. The molecule has 2 aromatic heterocycles. The van der Waals surface area contributed by atoms with Crippen LogP contribution in [0.15, 0.2) is 48.4 Å². The molecule has 0 aliphatic heterocycles. The first kappa shape index (κ1) is 17.0. The van der Waals surface area contributed by atoms with Gasteiger partial charge in [-0.1, -0.05) is 6.07 Å². The molecule has 2 heterocycles. The Labute approximate surface area is 144 Å². The minimum Gasteiger partial charge on any atom is -0.333 e. The molecule has 2 N–H and O–H groups in total. The molecule has 10 heteroatoms. The van der Waals surface area contributed by atoms with Gasteiger partial charge in [-0.2, -0.15) is 18.3 Å². The van der Waals surface area contributed by atoms with Gasteiger partial charge in [0.15, 0.2) is 0 Å². The van der Waals surface area contributed by atoms with Gasteiger partial charge in [0.2, 0.25) is 0 Å². The molecule has 2 amide bonds. The maximum absolute atomic E-state index is 13.3. The van der Waals surface area contributed by atoms with Crippen LogP contribution in [-0.4, -0.2) is 20.8 Å².